The fourth-order valence-corrected chi connectivity index (χ4v) is 11.3. The van der Waals surface area contributed by atoms with Crippen molar-refractivity contribution in [2.24, 2.45) is 10.8 Å². The summed E-state index contributed by atoms with van der Waals surface area (Å²) >= 11 is 0. The molecule has 4 aromatic rings. The number of hydrogen-bond donors (Lipinski definition) is 2. The topological polar surface area (TPSA) is 132 Å². The number of aliphatic hydroxyl groups excluding tert-OH is 2. The van der Waals surface area contributed by atoms with E-state index in [0.29, 0.717) is 47.5 Å². The molecule has 10 rings (SSSR count). The maximum atomic E-state index is 15.1. The molecule has 340 valence electrons. The summed E-state index contributed by atoms with van der Waals surface area (Å²) in [4.78, 5) is 43.2. The lowest BCUT2D eigenvalue weighted by molar-refractivity contribution is -0.140. The van der Waals surface area contributed by atoms with Gasteiger partial charge in [-0.15, -0.1) is 0 Å². The van der Waals surface area contributed by atoms with Crippen molar-refractivity contribution in [3.8, 4) is 23.0 Å². The molecule has 2 N–H and O–H groups in total. The molecule has 0 bridgehead atoms. The second-order valence-electron chi connectivity index (χ2n) is 18.8. The van der Waals surface area contributed by atoms with Crippen molar-refractivity contribution in [2.75, 3.05) is 49.1 Å². The highest BCUT2D eigenvalue weighted by Gasteiger charge is 2.52. The minimum absolute atomic E-state index is 0.223. The first kappa shape index (κ1) is 43.9. The van der Waals surface area contributed by atoms with E-state index in [1.54, 1.807) is 73.3 Å². The zero-order valence-corrected chi connectivity index (χ0v) is 36.5. The number of carbonyl (C=O) groups excluding carboxylic acids is 2. The van der Waals surface area contributed by atoms with Crippen LogP contribution in [0.4, 0.5) is 20.2 Å². The van der Waals surface area contributed by atoms with Gasteiger partial charge in [-0.25, -0.2) is 8.78 Å². The molecule has 2 saturated carbocycles. The number of piperidine rings is 2. The van der Waals surface area contributed by atoms with Gasteiger partial charge in [0.15, 0.2) is 0 Å². The van der Waals surface area contributed by atoms with E-state index in [1.807, 2.05) is 9.80 Å². The SMILES string of the molecule is O=C1N(C2CCC(O)CC2)CC[C@@]12CCCN(c1ccc(Oc3cccnc3)cc1F)C2.O=C1N(C2CCC(O)CC2)CC[C@@]12CCCN(c1ccc(Oc3cccnc3)cc1F)C2. The fraction of sp³-hybridized carbons (Fsp3) is 0.520. The van der Waals surface area contributed by atoms with Crippen LogP contribution in [0.15, 0.2) is 85.5 Å². The minimum atomic E-state index is -0.425. The number of carbonyl (C=O) groups is 2. The Morgan fingerprint density at radius 1 is 0.547 bits per heavy atom. The highest BCUT2D eigenvalue weighted by Crippen LogP contribution is 2.46. The zero-order chi connectivity index (χ0) is 44.3. The number of benzene rings is 2. The number of nitrogens with zero attached hydrogens (tertiary/aromatic N) is 6. The number of likely N-dealkylation sites (tertiary alicyclic amines) is 2. The Hall–Kier alpha value is -5.34. The number of rotatable bonds is 8. The quantitative estimate of drug-likeness (QED) is 0.178. The van der Waals surface area contributed by atoms with Gasteiger partial charge in [0.1, 0.15) is 34.6 Å². The van der Waals surface area contributed by atoms with Crippen LogP contribution in [0.1, 0.15) is 89.9 Å². The predicted octanol–water partition coefficient (Wildman–Crippen LogP) is 8.27. The summed E-state index contributed by atoms with van der Waals surface area (Å²) in [5.41, 5.74) is 0.196. The third kappa shape index (κ3) is 9.40. The third-order valence-corrected chi connectivity index (χ3v) is 14.7. The Morgan fingerprint density at radius 3 is 1.34 bits per heavy atom. The molecule has 4 aliphatic heterocycles. The lowest BCUT2D eigenvalue weighted by Gasteiger charge is -2.41. The predicted molar refractivity (Wildman–Crippen MR) is 238 cm³/mol. The molecule has 6 heterocycles. The number of halogens is 2. The first-order valence-electron chi connectivity index (χ1n) is 23.3. The summed E-state index contributed by atoms with van der Waals surface area (Å²) < 4.78 is 41.5. The average molecular weight is 879 g/mol. The minimum Gasteiger partial charge on any atom is -0.456 e. The van der Waals surface area contributed by atoms with E-state index in [2.05, 4.69) is 19.8 Å². The van der Waals surface area contributed by atoms with Crippen LogP contribution >= 0.6 is 0 Å². The lowest BCUT2D eigenvalue weighted by Crippen LogP contribution is -2.50. The van der Waals surface area contributed by atoms with Crippen LogP contribution in [0, 0.1) is 22.5 Å². The number of ether oxygens (including phenoxy) is 2. The highest BCUT2D eigenvalue weighted by molar-refractivity contribution is 5.87. The van der Waals surface area contributed by atoms with Gasteiger partial charge < -0.3 is 39.3 Å². The molecule has 14 heteroatoms. The number of anilines is 2. The molecular weight excluding hydrogens is 819 g/mol. The summed E-state index contributed by atoms with van der Waals surface area (Å²) in [7, 11) is 0. The largest absolute Gasteiger partial charge is 0.456 e. The summed E-state index contributed by atoms with van der Waals surface area (Å²) in [5, 5.41) is 19.6. The highest BCUT2D eigenvalue weighted by atomic mass is 19.1. The molecule has 64 heavy (non-hydrogen) atoms. The first-order valence-corrected chi connectivity index (χ1v) is 23.3. The maximum absolute atomic E-state index is 15.1. The van der Waals surface area contributed by atoms with E-state index in [9.17, 15) is 19.8 Å². The molecule has 2 aliphatic carbocycles. The monoisotopic (exact) mass is 878 g/mol. The van der Waals surface area contributed by atoms with Gasteiger partial charge in [-0.05, 0) is 138 Å². The smallest absolute Gasteiger partial charge is 0.230 e. The van der Waals surface area contributed by atoms with E-state index in [1.165, 1.54) is 12.1 Å². The normalized spacial score (nSPS) is 28.4. The van der Waals surface area contributed by atoms with Gasteiger partial charge in [-0.1, -0.05) is 0 Å². The van der Waals surface area contributed by atoms with Gasteiger partial charge in [0.2, 0.25) is 11.8 Å². The van der Waals surface area contributed by atoms with Crippen molar-refractivity contribution in [3.05, 3.63) is 97.1 Å². The Labute approximate surface area is 374 Å². The summed E-state index contributed by atoms with van der Waals surface area (Å²) in [5.74, 6) is 1.73. The van der Waals surface area contributed by atoms with E-state index >= 15 is 8.78 Å². The van der Waals surface area contributed by atoms with Crippen molar-refractivity contribution in [2.45, 2.75) is 114 Å². The molecule has 2 atom stereocenters. The molecule has 6 aliphatic rings. The number of hydrogen-bond acceptors (Lipinski definition) is 10. The van der Waals surface area contributed by atoms with Crippen molar-refractivity contribution in [1.82, 2.24) is 19.8 Å². The second-order valence-corrected chi connectivity index (χ2v) is 18.8. The van der Waals surface area contributed by atoms with Crippen molar-refractivity contribution < 1.29 is 38.1 Å². The molecule has 0 unspecified atom stereocenters. The second kappa shape index (κ2) is 19.0. The maximum Gasteiger partial charge on any atom is 0.230 e. The van der Waals surface area contributed by atoms with E-state index in [4.69, 9.17) is 9.47 Å². The van der Waals surface area contributed by atoms with Gasteiger partial charge in [0.25, 0.3) is 0 Å². The third-order valence-electron chi connectivity index (χ3n) is 14.7. The average Bonchev–Trinajstić information content (AvgIpc) is 3.78. The molecule has 12 nitrogen and oxygen atoms in total. The molecule has 2 aromatic heterocycles. The molecule has 0 radical (unpaired) electrons. The fourth-order valence-electron chi connectivity index (χ4n) is 11.3. The van der Waals surface area contributed by atoms with Gasteiger partial charge in [-0.3, -0.25) is 19.6 Å². The van der Waals surface area contributed by atoms with Gasteiger partial charge in [-0.2, -0.15) is 0 Å². The molecule has 4 saturated heterocycles. The molecule has 6 fully saturated rings. The summed E-state index contributed by atoms with van der Waals surface area (Å²) in [6.07, 6.45) is 17.7. The van der Waals surface area contributed by atoms with Crippen LogP contribution in [-0.4, -0.2) is 105 Å². The lowest BCUT2D eigenvalue weighted by atomic mass is 9.78. The van der Waals surface area contributed by atoms with Crippen molar-refractivity contribution >= 4 is 23.2 Å². The van der Waals surface area contributed by atoms with E-state index in [-0.39, 0.29) is 47.7 Å². The van der Waals surface area contributed by atoms with Crippen molar-refractivity contribution in [3.63, 3.8) is 0 Å². The van der Waals surface area contributed by atoms with E-state index in [0.717, 1.165) is 116 Å². The van der Waals surface area contributed by atoms with Crippen LogP contribution in [0.2, 0.25) is 0 Å². The van der Waals surface area contributed by atoms with Crippen LogP contribution in [0.25, 0.3) is 0 Å². The Balaban J connectivity index is 0.000000162. The number of aromatic nitrogens is 2. The van der Waals surface area contributed by atoms with Crippen LogP contribution in [0.3, 0.4) is 0 Å². The van der Waals surface area contributed by atoms with Crippen LogP contribution in [-0.2, 0) is 9.59 Å². The summed E-state index contributed by atoms with van der Waals surface area (Å²) in [6.45, 7) is 4.13. The van der Waals surface area contributed by atoms with Gasteiger partial charge in [0.05, 0.1) is 46.8 Å². The number of pyridine rings is 2. The molecular formula is C50H60F2N6O6. The first-order chi connectivity index (χ1) is 31.1. The number of amides is 2. The van der Waals surface area contributed by atoms with Gasteiger partial charge >= 0.3 is 0 Å². The Kier molecular flexibility index (Phi) is 13.0. The number of aliphatic hydroxyl groups is 2. The van der Waals surface area contributed by atoms with Crippen LogP contribution in [0.5, 0.6) is 23.0 Å². The Morgan fingerprint density at radius 2 is 0.969 bits per heavy atom. The van der Waals surface area contributed by atoms with Crippen LogP contribution < -0.4 is 19.3 Å². The Bertz CT molecular complexity index is 2090. The molecule has 2 amide bonds. The van der Waals surface area contributed by atoms with Gasteiger partial charge in [0, 0.05) is 75.9 Å². The standard InChI is InChI=1S/2C25H30FN3O3/c2*26-22-15-20(32-21-3-1-12-27-16-21)8-9-23(22)28-13-2-10-25(17-28)11-14-29(24(25)31)18-4-6-19(30)7-5-18/h2*1,3,8-9,12,15-16,18-19,30H,2,4-7,10-11,13-14,17H2/t2*18?,19?,25-/m11/s1. The molecule has 2 spiro atoms. The zero-order valence-electron chi connectivity index (χ0n) is 36.5. The van der Waals surface area contributed by atoms with E-state index < -0.39 is 10.8 Å². The molecule has 2 aromatic carbocycles. The van der Waals surface area contributed by atoms with Crippen molar-refractivity contribution in [1.29, 1.82) is 0 Å². The summed E-state index contributed by atoms with van der Waals surface area (Å²) in [6, 6.07) is 17.4.